The molecule has 2 aromatic carbocycles. The van der Waals surface area contributed by atoms with Crippen LogP contribution in [-0.2, 0) is 10.3 Å². The highest BCUT2D eigenvalue weighted by Crippen LogP contribution is 2.45. The molecule has 2 heterocycles. The summed E-state index contributed by atoms with van der Waals surface area (Å²) < 4.78 is 5.75. The lowest BCUT2D eigenvalue weighted by molar-refractivity contribution is 0.0977. The predicted molar refractivity (Wildman–Crippen MR) is 105 cm³/mol. The second kappa shape index (κ2) is 7.44. The highest BCUT2D eigenvalue weighted by molar-refractivity contribution is 8.13. The molecule has 1 amide bonds. The minimum absolute atomic E-state index is 0.183. The highest BCUT2D eigenvalue weighted by atomic mass is 32.2. The molecule has 1 N–H and O–H groups in total. The minimum atomic E-state index is -0.578. The number of rotatable bonds is 3. The molecule has 2 atom stereocenters. The number of thioether (sulfide) groups is 1. The number of benzene rings is 2. The van der Waals surface area contributed by atoms with Crippen LogP contribution >= 0.6 is 11.8 Å². The molecule has 2 aliphatic heterocycles. The van der Waals surface area contributed by atoms with Crippen molar-refractivity contribution in [2.24, 2.45) is 16.0 Å². The number of ether oxygens (including phenoxy) is 1. The highest BCUT2D eigenvalue weighted by Gasteiger charge is 2.48. The summed E-state index contributed by atoms with van der Waals surface area (Å²) in [6, 6.07) is 16.5. The third kappa shape index (κ3) is 3.42. The van der Waals surface area contributed by atoms with E-state index in [1.165, 1.54) is 11.8 Å². The Hall–Kier alpha value is -2.80. The quantitative estimate of drug-likeness (QED) is 0.495. The van der Waals surface area contributed by atoms with E-state index in [9.17, 15) is 4.79 Å². The van der Waals surface area contributed by atoms with Gasteiger partial charge in [-0.25, -0.2) is 4.99 Å². The number of nitrogens with one attached hydrogen (secondary N) is 1. The first-order valence-corrected chi connectivity index (χ1v) is 9.52. The molecule has 136 valence electrons. The lowest BCUT2D eigenvalue weighted by Crippen LogP contribution is -2.42. The summed E-state index contributed by atoms with van der Waals surface area (Å²) in [7, 11) is 0. The lowest BCUT2D eigenvalue weighted by Gasteiger charge is -2.34. The smallest absolute Gasteiger partial charge is 0.257 e. The summed E-state index contributed by atoms with van der Waals surface area (Å²) in [5.74, 6) is 0.804. The van der Waals surface area contributed by atoms with Gasteiger partial charge in [-0.15, -0.1) is 0 Å². The van der Waals surface area contributed by atoms with Crippen molar-refractivity contribution in [1.29, 1.82) is 0 Å². The first-order chi connectivity index (χ1) is 13.2. The van der Waals surface area contributed by atoms with Gasteiger partial charge in [-0.1, -0.05) is 53.3 Å². The standard InChI is InChI=1S/C19H17N5O2S/c20-24-23-16-8-4-7-14(9-16)19-12-26-10-15(19)11-27-18(22-19)21-17(25)13-5-2-1-3-6-13/h1-9,15H,10-12H2,(H,21,22,25). The van der Waals surface area contributed by atoms with Gasteiger partial charge in [-0.05, 0) is 29.3 Å². The molecule has 1 fully saturated rings. The summed E-state index contributed by atoms with van der Waals surface area (Å²) in [6.07, 6.45) is 0. The third-order valence-electron chi connectivity index (χ3n) is 4.80. The van der Waals surface area contributed by atoms with Crippen LogP contribution in [0, 0.1) is 5.92 Å². The Morgan fingerprint density at radius 2 is 2.15 bits per heavy atom. The monoisotopic (exact) mass is 379 g/mol. The number of amides is 1. The Balaban J connectivity index is 1.67. The summed E-state index contributed by atoms with van der Waals surface area (Å²) in [5, 5.41) is 7.20. The minimum Gasteiger partial charge on any atom is -0.378 e. The number of nitrogens with zero attached hydrogens (tertiary/aromatic N) is 4. The van der Waals surface area contributed by atoms with Crippen LogP contribution in [0.5, 0.6) is 0 Å². The van der Waals surface area contributed by atoms with Crippen molar-refractivity contribution in [3.05, 3.63) is 76.2 Å². The van der Waals surface area contributed by atoms with Crippen LogP contribution in [0.15, 0.2) is 64.7 Å². The average Bonchev–Trinajstić information content (AvgIpc) is 3.14. The van der Waals surface area contributed by atoms with Crippen molar-refractivity contribution >= 4 is 28.5 Å². The maximum Gasteiger partial charge on any atom is 0.257 e. The van der Waals surface area contributed by atoms with Gasteiger partial charge in [-0.3, -0.25) is 4.79 Å². The largest absolute Gasteiger partial charge is 0.378 e. The number of fused-ring (bicyclic) bond motifs is 1. The fourth-order valence-electron chi connectivity index (χ4n) is 3.41. The Bertz CT molecular complexity index is 942. The van der Waals surface area contributed by atoms with E-state index >= 15 is 0 Å². The lowest BCUT2D eigenvalue weighted by atomic mass is 9.82. The predicted octanol–water partition coefficient (Wildman–Crippen LogP) is 4.00. The second-order valence-electron chi connectivity index (χ2n) is 6.42. The number of carbonyl (C=O) groups is 1. The van der Waals surface area contributed by atoms with Gasteiger partial charge in [0.25, 0.3) is 5.91 Å². The number of amidine groups is 1. The Labute approximate surface area is 160 Å². The summed E-state index contributed by atoms with van der Waals surface area (Å²) >= 11 is 1.53. The van der Waals surface area contributed by atoms with Crippen LogP contribution in [0.1, 0.15) is 15.9 Å². The van der Waals surface area contributed by atoms with E-state index in [4.69, 9.17) is 15.3 Å². The van der Waals surface area contributed by atoms with E-state index < -0.39 is 5.54 Å². The molecule has 4 rings (SSSR count). The summed E-state index contributed by atoms with van der Waals surface area (Å²) in [5.41, 5.74) is 10.2. The molecule has 0 aromatic heterocycles. The fourth-order valence-corrected chi connectivity index (χ4v) is 4.53. The maximum absolute atomic E-state index is 12.5. The molecule has 2 aromatic rings. The van der Waals surface area contributed by atoms with Crippen molar-refractivity contribution < 1.29 is 9.53 Å². The van der Waals surface area contributed by atoms with E-state index in [2.05, 4.69) is 15.3 Å². The molecule has 2 aliphatic rings. The van der Waals surface area contributed by atoms with Crippen molar-refractivity contribution in [1.82, 2.24) is 5.32 Å². The third-order valence-corrected chi connectivity index (χ3v) is 5.84. The van der Waals surface area contributed by atoms with Crippen molar-refractivity contribution in [3.63, 3.8) is 0 Å². The molecule has 8 heteroatoms. The number of azide groups is 1. The van der Waals surface area contributed by atoms with Gasteiger partial charge in [0.05, 0.1) is 13.2 Å². The molecule has 1 saturated heterocycles. The van der Waals surface area contributed by atoms with E-state index in [0.717, 1.165) is 11.3 Å². The van der Waals surface area contributed by atoms with Gasteiger partial charge in [0.1, 0.15) is 5.54 Å². The van der Waals surface area contributed by atoms with Gasteiger partial charge in [-0.2, -0.15) is 0 Å². The zero-order valence-electron chi connectivity index (χ0n) is 14.4. The van der Waals surface area contributed by atoms with Crippen LogP contribution < -0.4 is 5.32 Å². The molecule has 7 nitrogen and oxygen atoms in total. The molecular formula is C19H17N5O2S. The molecule has 27 heavy (non-hydrogen) atoms. The van der Waals surface area contributed by atoms with E-state index in [0.29, 0.717) is 29.6 Å². The molecule has 0 saturated carbocycles. The van der Waals surface area contributed by atoms with Crippen LogP contribution in [0.3, 0.4) is 0 Å². The van der Waals surface area contributed by atoms with Crippen molar-refractivity contribution in [2.75, 3.05) is 19.0 Å². The number of hydrogen-bond acceptors (Lipinski definition) is 5. The van der Waals surface area contributed by atoms with Gasteiger partial charge in [0, 0.05) is 27.8 Å². The van der Waals surface area contributed by atoms with Gasteiger partial charge >= 0.3 is 0 Å². The van der Waals surface area contributed by atoms with Crippen molar-refractivity contribution in [3.8, 4) is 0 Å². The normalized spacial score (nSPS) is 23.7. The first-order valence-electron chi connectivity index (χ1n) is 8.54. The Kier molecular flexibility index (Phi) is 4.85. The molecular weight excluding hydrogens is 362 g/mol. The van der Waals surface area contributed by atoms with Crippen LogP contribution in [-0.4, -0.2) is 30.0 Å². The van der Waals surface area contributed by atoms with E-state index in [1.807, 2.05) is 36.4 Å². The zero-order chi connectivity index (χ0) is 18.7. The number of hydrogen-bond donors (Lipinski definition) is 1. The first kappa shape index (κ1) is 17.6. The zero-order valence-corrected chi connectivity index (χ0v) is 15.2. The summed E-state index contributed by atoms with van der Waals surface area (Å²) in [6.45, 7) is 1.05. The van der Waals surface area contributed by atoms with E-state index in [1.54, 1.807) is 18.2 Å². The van der Waals surface area contributed by atoms with Gasteiger partial charge < -0.3 is 10.1 Å². The Morgan fingerprint density at radius 1 is 1.30 bits per heavy atom. The van der Waals surface area contributed by atoms with Gasteiger partial charge in [0.15, 0.2) is 5.17 Å². The average molecular weight is 379 g/mol. The topological polar surface area (TPSA) is 99.5 Å². The molecule has 0 spiro atoms. The van der Waals surface area contributed by atoms with Crippen molar-refractivity contribution in [2.45, 2.75) is 5.54 Å². The fraction of sp³-hybridized carbons (Fsp3) is 0.263. The summed E-state index contributed by atoms with van der Waals surface area (Å²) in [4.78, 5) is 20.3. The van der Waals surface area contributed by atoms with Gasteiger partial charge in [0.2, 0.25) is 0 Å². The SMILES string of the molecule is [N-]=[N+]=Nc1cccc(C23COCC2CSC(NC(=O)c2ccccc2)=N3)c1. The molecule has 0 bridgehead atoms. The number of aliphatic imine (C=N–C) groups is 1. The maximum atomic E-state index is 12.5. The Morgan fingerprint density at radius 3 is 2.96 bits per heavy atom. The molecule has 0 radical (unpaired) electrons. The van der Waals surface area contributed by atoms with Crippen LogP contribution in [0.25, 0.3) is 10.4 Å². The van der Waals surface area contributed by atoms with Crippen LogP contribution in [0.2, 0.25) is 0 Å². The molecule has 2 unspecified atom stereocenters. The second-order valence-corrected chi connectivity index (χ2v) is 7.43. The molecule has 0 aliphatic carbocycles. The number of carbonyl (C=O) groups excluding carboxylic acids is 1. The van der Waals surface area contributed by atoms with E-state index in [-0.39, 0.29) is 11.8 Å². The van der Waals surface area contributed by atoms with Crippen LogP contribution in [0.4, 0.5) is 5.69 Å².